The Labute approximate surface area is 105 Å². The number of nitrogens with one attached hydrogen (secondary N) is 1. The molecule has 1 aliphatic heterocycles. The molecular formula is C13H26N2O2. The second-order valence-corrected chi connectivity index (χ2v) is 4.73. The molecule has 1 heterocycles. The first-order valence-electron chi connectivity index (χ1n) is 6.73. The summed E-state index contributed by atoms with van der Waals surface area (Å²) in [5.74, 6) is 0.211. The second-order valence-electron chi connectivity index (χ2n) is 4.73. The molecule has 0 bridgehead atoms. The van der Waals surface area contributed by atoms with Crippen molar-refractivity contribution in [2.45, 2.75) is 45.7 Å². The van der Waals surface area contributed by atoms with Gasteiger partial charge in [-0.3, -0.25) is 4.79 Å². The van der Waals surface area contributed by atoms with E-state index in [1.165, 1.54) is 0 Å². The van der Waals surface area contributed by atoms with Crippen molar-refractivity contribution in [3.05, 3.63) is 0 Å². The fraction of sp³-hybridized carbons (Fsp3) is 0.923. The second kappa shape index (κ2) is 6.97. The Bertz CT molecular complexity index is 242. The molecule has 0 aromatic carbocycles. The van der Waals surface area contributed by atoms with Gasteiger partial charge in [-0.05, 0) is 19.4 Å². The van der Waals surface area contributed by atoms with Crippen molar-refractivity contribution in [1.29, 1.82) is 0 Å². The first-order valence-corrected chi connectivity index (χ1v) is 6.73. The molecule has 1 amide bonds. The molecule has 0 spiro atoms. The van der Waals surface area contributed by atoms with Gasteiger partial charge in [0.1, 0.15) is 0 Å². The number of hydrogen-bond acceptors (Lipinski definition) is 3. The van der Waals surface area contributed by atoms with Crippen LogP contribution in [0.1, 0.15) is 33.6 Å². The number of amides is 1. The van der Waals surface area contributed by atoms with Crippen LogP contribution in [0, 0.1) is 5.92 Å². The van der Waals surface area contributed by atoms with Crippen LogP contribution < -0.4 is 5.32 Å². The molecule has 1 saturated heterocycles. The van der Waals surface area contributed by atoms with Crippen molar-refractivity contribution in [2.24, 2.45) is 5.92 Å². The summed E-state index contributed by atoms with van der Waals surface area (Å²) in [6, 6.07) is 0.537. The molecule has 4 heteroatoms. The molecule has 1 rings (SSSR count). The molecule has 0 aromatic heterocycles. The van der Waals surface area contributed by atoms with Crippen molar-refractivity contribution in [2.75, 3.05) is 26.8 Å². The first kappa shape index (κ1) is 14.5. The molecule has 0 aromatic rings. The fourth-order valence-corrected chi connectivity index (χ4v) is 2.54. The van der Waals surface area contributed by atoms with E-state index in [1.54, 1.807) is 0 Å². The average Bonchev–Trinajstić information content (AvgIpc) is 2.78. The molecule has 2 unspecified atom stereocenters. The average molecular weight is 242 g/mol. The van der Waals surface area contributed by atoms with Gasteiger partial charge in [0.2, 0.25) is 5.91 Å². The van der Waals surface area contributed by atoms with Crippen LogP contribution in [-0.4, -0.2) is 49.7 Å². The van der Waals surface area contributed by atoms with E-state index in [2.05, 4.69) is 26.1 Å². The molecule has 4 nitrogen and oxygen atoms in total. The smallest absolute Gasteiger partial charge is 0.229 e. The van der Waals surface area contributed by atoms with Crippen LogP contribution in [0.2, 0.25) is 0 Å². The first-order chi connectivity index (χ1) is 8.15. The Morgan fingerprint density at radius 2 is 2.00 bits per heavy atom. The van der Waals surface area contributed by atoms with Crippen molar-refractivity contribution in [3.63, 3.8) is 0 Å². The monoisotopic (exact) mass is 242 g/mol. The topological polar surface area (TPSA) is 41.6 Å². The third-order valence-corrected chi connectivity index (χ3v) is 3.70. The molecule has 1 aliphatic rings. The molecule has 2 atom stereocenters. The van der Waals surface area contributed by atoms with Crippen molar-refractivity contribution < 1.29 is 9.53 Å². The van der Waals surface area contributed by atoms with Gasteiger partial charge in [-0.15, -0.1) is 0 Å². The Morgan fingerprint density at radius 3 is 2.53 bits per heavy atom. The minimum Gasteiger partial charge on any atom is -0.379 e. The van der Waals surface area contributed by atoms with E-state index in [0.29, 0.717) is 19.3 Å². The predicted molar refractivity (Wildman–Crippen MR) is 68.9 cm³/mol. The highest BCUT2D eigenvalue weighted by molar-refractivity contribution is 5.80. The maximum atomic E-state index is 12.4. The highest BCUT2D eigenvalue weighted by Crippen LogP contribution is 2.19. The van der Waals surface area contributed by atoms with Crippen LogP contribution in [0.5, 0.6) is 0 Å². The summed E-state index contributed by atoms with van der Waals surface area (Å²) in [4.78, 5) is 14.3. The van der Waals surface area contributed by atoms with E-state index in [-0.39, 0.29) is 17.9 Å². The summed E-state index contributed by atoms with van der Waals surface area (Å²) < 4.78 is 5.43. The molecule has 100 valence electrons. The molecule has 1 fully saturated rings. The predicted octanol–water partition coefficient (Wildman–Crippen LogP) is 1.26. The van der Waals surface area contributed by atoms with Gasteiger partial charge in [-0.2, -0.15) is 0 Å². The quantitative estimate of drug-likeness (QED) is 0.762. The third-order valence-electron chi connectivity index (χ3n) is 3.70. The lowest BCUT2D eigenvalue weighted by Crippen LogP contribution is -2.47. The van der Waals surface area contributed by atoms with Gasteiger partial charge < -0.3 is 15.0 Å². The van der Waals surface area contributed by atoms with Crippen molar-refractivity contribution >= 4 is 5.91 Å². The molecule has 0 radical (unpaired) electrons. The minimum absolute atomic E-state index is 0.0134. The van der Waals surface area contributed by atoms with Gasteiger partial charge in [-0.25, -0.2) is 0 Å². The molecule has 0 saturated carbocycles. The summed E-state index contributed by atoms with van der Waals surface area (Å²) in [5, 5.41) is 3.33. The van der Waals surface area contributed by atoms with Crippen LogP contribution in [0.25, 0.3) is 0 Å². The molecular weight excluding hydrogens is 216 g/mol. The van der Waals surface area contributed by atoms with E-state index in [4.69, 9.17) is 4.74 Å². The zero-order valence-electron chi connectivity index (χ0n) is 11.5. The number of carbonyl (C=O) groups is 1. The normalized spacial score (nSPS) is 24.3. The van der Waals surface area contributed by atoms with E-state index >= 15 is 0 Å². The number of ether oxygens (including phenoxy) is 1. The van der Waals surface area contributed by atoms with Gasteiger partial charge in [0.25, 0.3) is 0 Å². The summed E-state index contributed by atoms with van der Waals surface area (Å²) in [5.41, 5.74) is 0. The maximum absolute atomic E-state index is 12.4. The standard InChI is InChI=1S/C13H26N2O2/c1-5-10(6-2)15(4)13(16)11-8-17-9-12(11)14-7-3/h10-12,14H,5-9H2,1-4H3. The Kier molecular flexibility index (Phi) is 5.92. The third kappa shape index (κ3) is 3.42. The van der Waals surface area contributed by atoms with Crippen molar-refractivity contribution in [1.82, 2.24) is 10.2 Å². The van der Waals surface area contributed by atoms with Gasteiger partial charge in [0, 0.05) is 19.1 Å². The Balaban J connectivity index is 2.61. The molecule has 17 heavy (non-hydrogen) atoms. The van der Waals surface area contributed by atoms with Gasteiger partial charge in [0.15, 0.2) is 0 Å². The van der Waals surface area contributed by atoms with Crippen molar-refractivity contribution in [3.8, 4) is 0 Å². The van der Waals surface area contributed by atoms with Crippen LogP contribution >= 0.6 is 0 Å². The summed E-state index contributed by atoms with van der Waals surface area (Å²) in [6.07, 6.45) is 2.02. The minimum atomic E-state index is -0.0134. The fourth-order valence-electron chi connectivity index (χ4n) is 2.54. The van der Waals surface area contributed by atoms with E-state index in [1.807, 2.05) is 11.9 Å². The lowest BCUT2D eigenvalue weighted by atomic mass is 10.00. The van der Waals surface area contributed by atoms with Crippen LogP contribution in [0.15, 0.2) is 0 Å². The van der Waals surface area contributed by atoms with Crippen LogP contribution in [0.3, 0.4) is 0 Å². The number of carbonyl (C=O) groups excluding carboxylic acids is 1. The highest BCUT2D eigenvalue weighted by Gasteiger charge is 2.36. The number of rotatable bonds is 6. The number of likely N-dealkylation sites (N-methyl/N-ethyl adjacent to an activating group) is 1. The Morgan fingerprint density at radius 1 is 1.35 bits per heavy atom. The summed E-state index contributed by atoms with van der Waals surface area (Å²) >= 11 is 0. The van der Waals surface area contributed by atoms with Crippen LogP contribution in [0.4, 0.5) is 0 Å². The van der Waals surface area contributed by atoms with Crippen LogP contribution in [-0.2, 0) is 9.53 Å². The molecule has 0 aliphatic carbocycles. The highest BCUT2D eigenvalue weighted by atomic mass is 16.5. The van der Waals surface area contributed by atoms with Gasteiger partial charge >= 0.3 is 0 Å². The molecule has 1 N–H and O–H groups in total. The van der Waals surface area contributed by atoms with Gasteiger partial charge in [-0.1, -0.05) is 20.8 Å². The van der Waals surface area contributed by atoms with E-state index in [9.17, 15) is 4.79 Å². The Hall–Kier alpha value is -0.610. The zero-order valence-corrected chi connectivity index (χ0v) is 11.5. The lowest BCUT2D eigenvalue weighted by molar-refractivity contribution is -0.137. The summed E-state index contributed by atoms with van der Waals surface area (Å²) in [7, 11) is 1.92. The SMILES string of the molecule is CCNC1COCC1C(=O)N(C)C(CC)CC. The number of hydrogen-bond donors (Lipinski definition) is 1. The van der Waals surface area contributed by atoms with Gasteiger partial charge in [0.05, 0.1) is 19.1 Å². The van der Waals surface area contributed by atoms with E-state index in [0.717, 1.165) is 19.4 Å². The van der Waals surface area contributed by atoms with E-state index < -0.39 is 0 Å². The maximum Gasteiger partial charge on any atom is 0.229 e. The zero-order chi connectivity index (χ0) is 12.8. The largest absolute Gasteiger partial charge is 0.379 e. The number of nitrogens with zero attached hydrogens (tertiary/aromatic N) is 1. The lowest BCUT2D eigenvalue weighted by Gasteiger charge is -2.30. The summed E-state index contributed by atoms with van der Waals surface area (Å²) in [6.45, 7) is 8.41.